The van der Waals surface area contributed by atoms with Crippen LogP contribution in [-0.4, -0.2) is 40.0 Å². The third kappa shape index (κ3) is 3.21. The number of nitrogens with zero attached hydrogens (tertiary/aromatic N) is 1. The molecule has 0 spiro atoms. The van der Waals surface area contributed by atoms with Crippen molar-refractivity contribution in [1.82, 2.24) is 10.2 Å². The van der Waals surface area contributed by atoms with Gasteiger partial charge in [-0.05, 0) is 13.3 Å². The Morgan fingerprint density at radius 2 is 2.00 bits per heavy atom. The Morgan fingerprint density at radius 1 is 1.33 bits per heavy atom. The zero-order valence-corrected chi connectivity index (χ0v) is 10.9. The van der Waals surface area contributed by atoms with Crippen LogP contribution in [0.5, 0.6) is 0 Å². The number of carboxylic acids is 1. The summed E-state index contributed by atoms with van der Waals surface area (Å²) in [6.45, 7) is 3.18. The number of urea groups is 1. The summed E-state index contributed by atoms with van der Waals surface area (Å²) < 4.78 is 0. The molecule has 0 aromatic rings. The van der Waals surface area contributed by atoms with Gasteiger partial charge in [-0.3, -0.25) is 14.5 Å². The van der Waals surface area contributed by atoms with Crippen molar-refractivity contribution in [2.75, 3.05) is 6.54 Å². The highest BCUT2D eigenvalue weighted by Crippen LogP contribution is 2.23. The van der Waals surface area contributed by atoms with E-state index in [1.807, 2.05) is 0 Å². The van der Waals surface area contributed by atoms with Gasteiger partial charge in [0.25, 0.3) is 5.91 Å². The normalized spacial score (nSPS) is 23.3. The van der Waals surface area contributed by atoms with Crippen LogP contribution in [0.15, 0.2) is 0 Å². The Bertz CT molecular complexity index is 356. The molecule has 1 saturated heterocycles. The molecule has 1 atom stereocenters. The molecule has 1 rings (SSSR count). The van der Waals surface area contributed by atoms with Crippen LogP contribution in [0.3, 0.4) is 0 Å². The molecule has 1 aliphatic heterocycles. The lowest BCUT2D eigenvalue weighted by molar-refractivity contribution is -0.142. The highest BCUT2D eigenvalue weighted by molar-refractivity contribution is 6.08. The molecular weight excluding hydrogens is 236 g/mol. The lowest BCUT2D eigenvalue weighted by Crippen LogP contribution is -2.44. The minimum Gasteiger partial charge on any atom is -0.480 e. The molecule has 1 aliphatic rings. The number of carbonyl (C=O) groups is 3. The molecule has 1 heterocycles. The van der Waals surface area contributed by atoms with Gasteiger partial charge in [-0.1, -0.05) is 32.6 Å². The molecule has 0 aromatic carbocycles. The average Bonchev–Trinajstić information content (AvgIpc) is 2.49. The summed E-state index contributed by atoms with van der Waals surface area (Å²) in [4.78, 5) is 34.9. The lowest BCUT2D eigenvalue weighted by atomic mass is 9.94. The smallest absolute Gasteiger partial charge is 0.325 e. The van der Waals surface area contributed by atoms with E-state index in [-0.39, 0.29) is 0 Å². The fourth-order valence-electron chi connectivity index (χ4n) is 2.10. The first-order chi connectivity index (χ1) is 8.40. The molecule has 0 saturated carbocycles. The second-order valence-electron chi connectivity index (χ2n) is 4.86. The summed E-state index contributed by atoms with van der Waals surface area (Å²) in [5.41, 5.74) is -0.944. The number of hydrogen-bond acceptors (Lipinski definition) is 3. The summed E-state index contributed by atoms with van der Waals surface area (Å²) >= 11 is 0. The second kappa shape index (κ2) is 5.84. The Morgan fingerprint density at radius 3 is 2.56 bits per heavy atom. The lowest BCUT2D eigenvalue weighted by Gasteiger charge is -2.21. The van der Waals surface area contributed by atoms with Gasteiger partial charge >= 0.3 is 12.0 Å². The van der Waals surface area contributed by atoms with Gasteiger partial charge in [0.1, 0.15) is 12.1 Å². The monoisotopic (exact) mass is 256 g/mol. The number of carbonyl (C=O) groups excluding carboxylic acids is 2. The largest absolute Gasteiger partial charge is 0.480 e. The standard InChI is InChI=1S/C12H20N2O4/c1-3-4-5-6-7-12(2)10(17)14(8-9(15)16)11(18)13-12/h3-8H2,1-2H3,(H,13,18)(H,15,16). The summed E-state index contributed by atoms with van der Waals surface area (Å²) in [6.07, 6.45) is 4.60. The Balaban J connectivity index is 2.59. The van der Waals surface area contributed by atoms with E-state index in [0.29, 0.717) is 6.42 Å². The number of amides is 3. The second-order valence-corrected chi connectivity index (χ2v) is 4.86. The van der Waals surface area contributed by atoms with E-state index in [9.17, 15) is 14.4 Å². The van der Waals surface area contributed by atoms with Gasteiger partial charge in [0, 0.05) is 0 Å². The van der Waals surface area contributed by atoms with Gasteiger partial charge < -0.3 is 10.4 Å². The third-order valence-corrected chi connectivity index (χ3v) is 3.17. The summed E-state index contributed by atoms with van der Waals surface area (Å²) in [5.74, 6) is -1.62. The van der Waals surface area contributed by atoms with Crippen LogP contribution in [0, 0.1) is 0 Å². The van der Waals surface area contributed by atoms with E-state index in [4.69, 9.17) is 5.11 Å². The average molecular weight is 256 g/mol. The van der Waals surface area contributed by atoms with Gasteiger partial charge in [-0.15, -0.1) is 0 Å². The molecule has 0 bridgehead atoms. The van der Waals surface area contributed by atoms with Crippen LogP contribution >= 0.6 is 0 Å². The van der Waals surface area contributed by atoms with E-state index in [2.05, 4.69) is 12.2 Å². The van der Waals surface area contributed by atoms with E-state index in [1.165, 1.54) is 0 Å². The first-order valence-electron chi connectivity index (χ1n) is 6.26. The van der Waals surface area contributed by atoms with Crippen LogP contribution in [-0.2, 0) is 9.59 Å². The molecule has 1 fully saturated rings. The van der Waals surface area contributed by atoms with Crippen LogP contribution < -0.4 is 5.32 Å². The van der Waals surface area contributed by atoms with Crippen molar-refractivity contribution in [3.8, 4) is 0 Å². The van der Waals surface area contributed by atoms with Crippen molar-refractivity contribution in [3.05, 3.63) is 0 Å². The van der Waals surface area contributed by atoms with Crippen LogP contribution in [0.2, 0.25) is 0 Å². The molecule has 3 amide bonds. The highest BCUT2D eigenvalue weighted by atomic mass is 16.4. The van der Waals surface area contributed by atoms with Crippen LogP contribution in [0.1, 0.15) is 46.0 Å². The van der Waals surface area contributed by atoms with Crippen molar-refractivity contribution in [1.29, 1.82) is 0 Å². The summed E-state index contributed by atoms with van der Waals surface area (Å²) in [5, 5.41) is 11.2. The molecule has 18 heavy (non-hydrogen) atoms. The first-order valence-corrected chi connectivity index (χ1v) is 6.26. The number of nitrogens with one attached hydrogen (secondary N) is 1. The van der Waals surface area contributed by atoms with E-state index < -0.39 is 30.0 Å². The minimum absolute atomic E-state index is 0.439. The molecule has 0 aliphatic carbocycles. The predicted octanol–water partition coefficient (Wildman–Crippen LogP) is 1.35. The zero-order chi connectivity index (χ0) is 13.8. The summed E-state index contributed by atoms with van der Waals surface area (Å²) in [7, 11) is 0. The van der Waals surface area contributed by atoms with E-state index in [0.717, 1.165) is 30.6 Å². The van der Waals surface area contributed by atoms with Gasteiger partial charge in [-0.25, -0.2) is 4.79 Å². The van der Waals surface area contributed by atoms with Crippen LogP contribution in [0.25, 0.3) is 0 Å². The molecule has 2 N–H and O–H groups in total. The number of imide groups is 1. The van der Waals surface area contributed by atoms with Crippen molar-refractivity contribution in [2.45, 2.75) is 51.5 Å². The number of hydrogen-bond donors (Lipinski definition) is 2. The minimum atomic E-state index is -1.19. The maximum atomic E-state index is 12.0. The van der Waals surface area contributed by atoms with Gasteiger partial charge in [0.15, 0.2) is 0 Å². The zero-order valence-electron chi connectivity index (χ0n) is 10.9. The highest BCUT2D eigenvalue weighted by Gasteiger charge is 2.47. The fraction of sp³-hybridized carbons (Fsp3) is 0.750. The molecule has 1 unspecified atom stereocenters. The number of rotatable bonds is 7. The molecule has 0 aromatic heterocycles. The SMILES string of the molecule is CCCCCCC1(C)NC(=O)N(CC(=O)O)C1=O. The van der Waals surface area contributed by atoms with Crippen molar-refractivity contribution >= 4 is 17.9 Å². The van der Waals surface area contributed by atoms with Crippen molar-refractivity contribution in [3.63, 3.8) is 0 Å². The van der Waals surface area contributed by atoms with Crippen LogP contribution in [0.4, 0.5) is 4.79 Å². The molecule has 0 radical (unpaired) electrons. The number of unbranched alkanes of at least 4 members (excludes halogenated alkanes) is 3. The Hall–Kier alpha value is -1.59. The first kappa shape index (κ1) is 14.5. The topological polar surface area (TPSA) is 86.7 Å². The number of aliphatic carboxylic acids is 1. The van der Waals surface area contributed by atoms with E-state index in [1.54, 1.807) is 6.92 Å². The quantitative estimate of drug-likeness (QED) is 0.531. The Kier molecular flexibility index (Phi) is 4.69. The van der Waals surface area contributed by atoms with Crippen molar-refractivity contribution < 1.29 is 19.5 Å². The number of carboxylic acid groups (broad SMARTS) is 1. The Labute approximate surface area is 106 Å². The van der Waals surface area contributed by atoms with Gasteiger partial charge in [-0.2, -0.15) is 0 Å². The summed E-state index contributed by atoms with van der Waals surface area (Å²) in [6, 6.07) is -0.611. The molecule has 6 heteroatoms. The van der Waals surface area contributed by atoms with E-state index >= 15 is 0 Å². The molecule has 102 valence electrons. The van der Waals surface area contributed by atoms with Gasteiger partial charge in [0.2, 0.25) is 0 Å². The predicted molar refractivity (Wildman–Crippen MR) is 65.0 cm³/mol. The maximum absolute atomic E-state index is 12.0. The fourth-order valence-corrected chi connectivity index (χ4v) is 2.10. The maximum Gasteiger partial charge on any atom is 0.325 e. The van der Waals surface area contributed by atoms with Gasteiger partial charge in [0.05, 0.1) is 0 Å². The molecule has 6 nitrogen and oxygen atoms in total. The van der Waals surface area contributed by atoms with Crippen molar-refractivity contribution in [2.24, 2.45) is 0 Å². The molecular formula is C12H20N2O4. The third-order valence-electron chi connectivity index (χ3n) is 3.17.